The van der Waals surface area contributed by atoms with E-state index in [1.807, 2.05) is 18.2 Å². The molecule has 2 rings (SSSR count). The van der Waals surface area contributed by atoms with E-state index >= 15 is 0 Å². The van der Waals surface area contributed by atoms with Crippen LogP contribution in [0.4, 0.5) is 11.4 Å². The van der Waals surface area contributed by atoms with Gasteiger partial charge < -0.3 is 10.6 Å². The molecule has 2 heteroatoms. The third-order valence-electron chi connectivity index (χ3n) is 2.65. The molecule has 1 saturated heterocycles. The van der Waals surface area contributed by atoms with Crippen molar-refractivity contribution in [2.45, 2.75) is 12.8 Å². The normalized spacial score (nSPS) is 17.1. The lowest BCUT2D eigenvalue weighted by Crippen LogP contribution is -2.31. The number of anilines is 2. The minimum atomic E-state index is 0.863. The molecule has 0 aromatic heterocycles. The van der Waals surface area contributed by atoms with E-state index in [0.717, 1.165) is 30.9 Å². The molecule has 1 aliphatic rings. The van der Waals surface area contributed by atoms with Gasteiger partial charge in [-0.2, -0.15) is 0 Å². The first kappa shape index (κ1) is 9.13. The average Bonchev–Trinajstić information content (AvgIpc) is 2.18. The van der Waals surface area contributed by atoms with E-state index in [1.165, 1.54) is 12.0 Å². The standard InChI is InChI=1S/C12H16N2/c1-10-5-4-8-14(9-10)12-7-3-2-6-11(12)13/h2-3,6-7H,1,4-5,8-9,13H2. The lowest BCUT2D eigenvalue weighted by Gasteiger charge is -2.31. The Kier molecular flexibility index (Phi) is 2.44. The van der Waals surface area contributed by atoms with Crippen LogP contribution >= 0.6 is 0 Å². The predicted octanol–water partition coefficient (Wildman–Crippen LogP) is 2.43. The molecule has 14 heavy (non-hydrogen) atoms. The number of benzene rings is 1. The molecule has 1 aliphatic heterocycles. The monoisotopic (exact) mass is 188 g/mol. The van der Waals surface area contributed by atoms with Crippen molar-refractivity contribution in [3.8, 4) is 0 Å². The molecule has 1 aromatic carbocycles. The summed E-state index contributed by atoms with van der Waals surface area (Å²) in [5.74, 6) is 0. The van der Waals surface area contributed by atoms with Crippen LogP contribution in [-0.2, 0) is 0 Å². The second-order valence-corrected chi connectivity index (χ2v) is 3.83. The van der Waals surface area contributed by atoms with Gasteiger partial charge in [-0.3, -0.25) is 0 Å². The number of para-hydroxylation sites is 2. The second kappa shape index (κ2) is 3.74. The van der Waals surface area contributed by atoms with Crippen molar-refractivity contribution in [1.29, 1.82) is 0 Å². The minimum absolute atomic E-state index is 0.863. The molecule has 0 unspecified atom stereocenters. The third kappa shape index (κ3) is 1.74. The third-order valence-corrected chi connectivity index (χ3v) is 2.65. The molecule has 1 aromatic rings. The number of rotatable bonds is 1. The molecule has 1 fully saturated rings. The summed E-state index contributed by atoms with van der Waals surface area (Å²) in [5.41, 5.74) is 9.24. The highest BCUT2D eigenvalue weighted by molar-refractivity contribution is 5.67. The van der Waals surface area contributed by atoms with E-state index in [9.17, 15) is 0 Å². The van der Waals surface area contributed by atoms with Crippen molar-refractivity contribution in [3.63, 3.8) is 0 Å². The Bertz CT molecular complexity index is 344. The van der Waals surface area contributed by atoms with Crippen LogP contribution in [0.1, 0.15) is 12.8 Å². The summed E-state index contributed by atoms with van der Waals surface area (Å²) in [4.78, 5) is 2.31. The zero-order valence-corrected chi connectivity index (χ0v) is 8.37. The van der Waals surface area contributed by atoms with Gasteiger partial charge >= 0.3 is 0 Å². The Morgan fingerprint density at radius 1 is 1.29 bits per heavy atom. The van der Waals surface area contributed by atoms with Crippen LogP contribution in [0.2, 0.25) is 0 Å². The van der Waals surface area contributed by atoms with Gasteiger partial charge in [0.1, 0.15) is 0 Å². The Morgan fingerprint density at radius 3 is 2.79 bits per heavy atom. The smallest absolute Gasteiger partial charge is 0.0602 e. The van der Waals surface area contributed by atoms with Gasteiger partial charge in [-0.25, -0.2) is 0 Å². The van der Waals surface area contributed by atoms with E-state index in [2.05, 4.69) is 17.5 Å². The van der Waals surface area contributed by atoms with Crippen molar-refractivity contribution in [2.75, 3.05) is 23.7 Å². The lowest BCUT2D eigenvalue weighted by atomic mass is 10.1. The number of hydrogen-bond donors (Lipinski definition) is 1. The SMILES string of the molecule is C=C1CCCN(c2ccccc2N)C1. The molecular formula is C12H16N2. The fourth-order valence-corrected chi connectivity index (χ4v) is 1.93. The largest absolute Gasteiger partial charge is 0.397 e. The Balaban J connectivity index is 2.22. The predicted molar refractivity (Wildman–Crippen MR) is 61.4 cm³/mol. The fraction of sp³-hybridized carbons (Fsp3) is 0.333. The Labute approximate surface area is 85.0 Å². The number of nitrogen functional groups attached to an aromatic ring is 1. The number of piperidine rings is 1. The molecule has 0 bridgehead atoms. The maximum Gasteiger partial charge on any atom is 0.0602 e. The first-order valence-corrected chi connectivity index (χ1v) is 5.03. The van der Waals surface area contributed by atoms with Crippen LogP contribution in [-0.4, -0.2) is 13.1 Å². The number of nitrogens with two attached hydrogens (primary N) is 1. The first-order valence-electron chi connectivity index (χ1n) is 5.03. The van der Waals surface area contributed by atoms with Crippen molar-refractivity contribution in [3.05, 3.63) is 36.4 Å². The molecule has 0 spiro atoms. The van der Waals surface area contributed by atoms with Crippen molar-refractivity contribution in [1.82, 2.24) is 0 Å². The molecule has 2 N–H and O–H groups in total. The molecule has 0 aliphatic carbocycles. The highest BCUT2D eigenvalue weighted by Gasteiger charge is 2.14. The topological polar surface area (TPSA) is 29.3 Å². The highest BCUT2D eigenvalue weighted by atomic mass is 15.1. The summed E-state index contributed by atoms with van der Waals surface area (Å²) in [6.45, 7) is 6.08. The van der Waals surface area contributed by atoms with Gasteiger partial charge in [0, 0.05) is 13.1 Å². The fourth-order valence-electron chi connectivity index (χ4n) is 1.93. The number of nitrogens with zero attached hydrogens (tertiary/aromatic N) is 1. The quantitative estimate of drug-likeness (QED) is 0.541. The molecule has 2 nitrogen and oxygen atoms in total. The van der Waals surface area contributed by atoms with Gasteiger partial charge in [-0.1, -0.05) is 24.3 Å². The minimum Gasteiger partial charge on any atom is -0.397 e. The van der Waals surface area contributed by atoms with Crippen molar-refractivity contribution in [2.24, 2.45) is 0 Å². The zero-order chi connectivity index (χ0) is 9.97. The van der Waals surface area contributed by atoms with Gasteiger partial charge in [-0.15, -0.1) is 0 Å². The van der Waals surface area contributed by atoms with Gasteiger partial charge in [0.05, 0.1) is 11.4 Å². The number of hydrogen-bond acceptors (Lipinski definition) is 2. The van der Waals surface area contributed by atoms with Crippen molar-refractivity contribution >= 4 is 11.4 Å². The zero-order valence-electron chi connectivity index (χ0n) is 8.37. The molecular weight excluding hydrogens is 172 g/mol. The van der Waals surface area contributed by atoms with Crippen LogP contribution in [0.15, 0.2) is 36.4 Å². The van der Waals surface area contributed by atoms with E-state index in [0.29, 0.717) is 0 Å². The maximum absolute atomic E-state index is 5.93. The van der Waals surface area contributed by atoms with E-state index in [4.69, 9.17) is 5.73 Å². The summed E-state index contributed by atoms with van der Waals surface area (Å²) in [5, 5.41) is 0. The van der Waals surface area contributed by atoms with Gasteiger partial charge in [0.15, 0.2) is 0 Å². The Morgan fingerprint density at radius 2 is 2.07 bits per heavy atom. The maximum atomic E-state index is 5.93. The Hall–Kier alpha value is -1.44. The summed E-state index contributed by atoms with van der Waals surface area (Å²) in [6, 6.07) is 8.03. The van der Waals surface area contributed by atoms with Gasteiger partial charge in [-0.05, 0) is 25.0 Å². The van der Waals surface area contributed by atoms with Crippen LogP contribution in [0.25, 0.3) is 0 Å². The molecule has 0 amide bonds. The van der Waals surface area contributed by atoms with Crippen LogP contribution in [0.5, 0.6) is 0 Å². The molecule has 0 radical (unpaired) electrons. The summed E-state index contributed by atoms with van der Waals surface area (Å²) >= 11 is 0. The lowest BCUT2D eigenvalue weighted by molar-refractivity contribution is 0.680. The van der Waals surface area contributed by atoms with Gasteiger partial charge in [0.25, 0.3) is 0 Å². The van der Waals surface area contributed by atoms with E-state index in [1.54, 1.807) is 0 Å². The van der Waals surface area contributed by atoms with Crippen LogP contribution in [0, 0.1) is 0 Å². The average molecular weight is 188 g/mol. The highest BCUT2D eigenvalue weighted by Crippen LogP contribution is 2.26. The molecule has 0 saturated carbocycles. The molecule has 1 heterocycles. The van der Waals surface area contributed by atoms with Crippen LogP contribution in [0.3, 0.4) is 0 Å². The summed E-state index contributed by atoms with van der Waals surface area (Å²) in [7, 11) is 0. The molecule has 74 valence electrons. The van der Waals surface area contributed by atoms with E-state index < -0.39 is 0 Å². The van der Waals surface area contributed by atoms with Gasteiger partial charge in [0.2, 0.25) is 0 Å². The van der Waals surface area contributed by atoms with Crippen molar-refractivity contribution < 1.29 is 0 Å². The van der Waals surface area contributed by atoms with Crippen LogP contribution < -0.4 is 10.6 Å². The summed E-state index contributed by atoms with van der Waals surface area (Å²) < 4.78 is 0. The first-order chi connectivity index (χ1) is 6.77. The second-order valence-electron chi connectivity index (χ2n) is 3.83. The van der Waals surface area contributed by atoms with E-state index in [-0.39, 0.29) is 0 Å². The molecule has 0 atom stereocenters. The summed E-state index contributed by atoms with van der Waals surface area (Å²) in [6.07, 6.45) is 2.34.